The number of anilines is 1. The van der Waals surface area contributed by atoms with Crippen LogP contribution in [0, 0.1) is 0 Å². The molecule has 0 spiro atoms. The van der Waals surface area contributed by atoms with Crippen molar-refractivity contribution in [2.75, 3.05) is 44.2 Å². The molecule has 1 aliphatic heterocycles. The highest BCUT2D eigenvalue weighted by atomic mass is 15.3. The molecule has 0 amide bonds. The molecule has 0 radical (unpaired) electrons. The summed E-state index contributed by atoms with van der Waals surface area (Å²) in [5.74, 6) is 0. The number of piperazine rings is 1. The van der Waals surface area contributed by atoms with Gasteiger partial charge in [-0.05, 0) is 44.5 Å². The van der Waals surface area contributed by atoms with Gasteiger partial charge in [-0.1, -0.05) is 31.0 Å². The van der Waals surface area contributed by atoms with Gasteiger partial charge >= 0.3 is 0 Å². The molecule has 3 nitrogen and oxygen atoms in total. The lowest BCUT2D eigenvalue weighted by Crippen LogP contribution is -2.47. The minimum absolute atomic E-state index is 0.819. The fourth-order valence-corrected chi connectivity index (χ4v) is 3.61. The summed E-state index contributed by atoms with van der Waals surface area (Å²) >= 11 is 0. The molecule has 116 valence electrons. The van der Waals surface area contributed by atoms with Gasteiger partial charge in [0.25, 0.3) is 0 Å². The monoisotopic (exact) mass is 287 g/mol. The van der Waals surface area contributed by atoms with Gasteiger partial charge < -0.3 is 10.2 Å². The Morgan fingerprint density at radius 1 is 0.952 bits per heavy atom. The normalized spacial score (nSPS) is 21.0. The average molecular weight is 287 g/mol. The van der Waals surface area contributed by atoms with Crippen molar-refractivity contribution in [2.45, 2.75) is 38.1 Å². The molecule has 3 heteroatoms. The molecule has 1 aromatic carbocycles. The first-order valence-corrected chi connectivity index (χ1v) is 8.67. The Bertz CT molecular complexity index is 392. The van der Waals surface area contributed by atoms with Crippen LogP contribution >= 0.6 is 0 Å². The molecule has 1 saturated carbocycles. The molecule has 2 aliphatic rings. The second kappa shape index (κ2) is 7.81. The molecule has 1 N–H and O–H groups in total. The smallest absolute Gasteiger partial charge is 0.0367 e. The number of rotatable bonds is 6. The highest BCUT2D eigenvalue weighted by Gasteiger charge is 2.17. The minimum atomic E-state index is 0.819. The Morgan fingerprint density at radius 3 is 2.38 bits per heavy atom. The molecule has 0 aromatic heterocycles. The van der Waals surface area contributed by atoms with Crippen molar-refractivity contribution >= 4 is 5.69 Å². The number of nitrogens with zero attached hydrogens (tertiary/aromatic N) is 2. The fourth-order valence-electron chi connectivity index (χ4n) is 3.61. The van der Waals surface area contributed by atoms with Crippen LogP contribution in [0.25, 0.3) is 0 Å². The van der Waals surface area contributed by atoms with E-state index in [-0.39, 0.29) is 0 Å². The number of nitrogens with one attached hydrogen (secondary N) is 1. The largest absolute Gasteiger partial charge is 0.369 e. The van der Waals surface area contributed by atoms with Crippen LogP contribution in [0.1, 0.15) is 32.1 Å². The molecule has 3 rings (SSSR count). The zero-order valence-electron chi connectivity index (χ0n) is 13.1. The topological polar surface area (TPSA) is 18.5 Å². The molecule has 0 unspecified atom stereocenters. The first kappa shape index (κ1) is 14.9. The maximum Gasteiger partial charge on any atom is 0.0367 e. The molecule has 2 fully saturated rings. The molecular weight excluding hydrogens is 258 g/mol. The maximum atomic E-state index is 3.72. The van der Waals surface area contributed by atoms with Gasteiger partial charge in [0.2, 0.25) is 0 Å². The van der Waals surface area contributed by atoms with Gasteiger partial charge in [-0.15, -0.1) is 0 Å². The second-order valence-corrected chi connectivity index (χ2v) is 6.45. The van der Waals surface area contributed by atoms with Gasteiger partial charge in [-0.25, -0.2) is 0 Å². The zero-order valence-corrected chi connectivity index (χ0v) is 13.1. The molecule has 1 saturated heterocycles. The summed E-state index contributed by atoms with van der Waals surface area (Å²) in [6.45, 7) is 7.20. The first-order valence-electron chi connectivity index (χ1n) is 8.67. The van der Waals surface area contributed by atoms with Crippen molar-refractivity contribution in [3.63, 3.8) is 0 Å². The first-order chi connectivity index (χ1) is 10.4. The van der Waals surface area contributed by atoms with Crippen LogP contribution in [-0.4, -0.2) is 50.2 Å². The van der Waals surface area contributed by atoms with E-state index in [2.05, 4.69) is 45.4 Å². The van der Waals surface area contributed by atoms with Crippen LogP contribution < -0.4 is 10.2 Å². The summed E-state index contributed by atoms with van der Waals surface area (Å²) in [4.78, 5) is 5.13. The zero-order chi connectivity index (χ0) is 14.3. The van der Waals surface area contributed by atoms with Gasteiger partial charge in [0, 0.05) is 37.9 Å². The summed E-state index contributed by atoms with van der Waals surface area (Å²) in [7, 11) is 0. The third kappa shape index (κ3) is 4.45. The molecule has 1 aromatic rings. The lowest BCUT2D eigenvalue weighted by Gasteiger charge is -2.36. The lowest BCUT2D eigenvalue weighted by atomic mass is 10.2. The van der Waals surface area contributed by atoms with E-state index < -0.39 is 0 Å². The Labute approximate surface area is 129 Å². The van der Waals surface area contributed by atoms with Gasteiger partial charge in [-0.3, -0.25) is 4.90 Å². The third-order valence-electron chi connectivity index (χ3n) is 4.93. The van der Waals surface area contributed by atoms with Crippen molar-refractivity contribution in [3.05, 3.63) is 30.3 Å². The van der Waals surface area contributed by atoms with E-state index in [1.165, 1.54) is 77.1 Å². The molecule has 21 heavy (non-hydrogen) atoms. The van der Waals surface area contributed by atoms with E-state index >= 15 is 0 Å². The minimum Gasteiger partial charge on any atom is -0.369 e. The lowest BCUT2D eigenvalue weighted by molar-refractivity contribution is 0.252. The van der Waals surface area contributed by atoms with E-state index in [1.807, 2.05) is 0 Å². The second-order valence-electron chi connectivity index (χ2n) is 6.45. The number of hydrogen-bond donors (Lipinski definition) is 1. The van der Waals surface area contributed by atoms with Gasteiger partial charge in [-0.2, -0.15) is 0 Å². The standard InChI is InChI=1S/C18H29N3/c1-2-9-18(10-3-1)21-15-13-20(14-16-21)12-6-11-19-17-7-4-5-8-17/h1-3,9-10,17,19H,4-8,11-16H2. The quantitative estimate of drug-likeness (QED) is 0.812. The highest BCUT2D eigenvalue weighted by molar-refractivity contribution is 5.46. The average Bonchev–Trinajstić information content (AvgIpc) is 3.06. The Hall–Kier alpha value is -1.06. The Morgan fingerprint density at radius 2 is 1.67 bits per heavy atom. The SMILES string of the molecule is c1ccc(N2CCN(CCCNC3CCCC3)CC2)cc1. The van der Waals surface area contributed by atoms with Crippen LogP contribution in [0.5, 0.6) is 0 Å². The summed E-state index contributed by atoms with van der Waals surface area (Å²) in [5, 5.41) is 3.72. The van der Waals surface area contributed by atoms with Crippen LogP contribution in [0.3, 0.4) is 0 Å². The Balaban J connectivity index is 1.30. The molecular formula is C18H29N3. The summed E-state index contributed by atoms with van der Waals surface area (Å²) < 4.78 is 0. The van der Waals surface area contributed by atoms with Gasteiger partial charge in [0.1, 0.15) is 0 Å². The summed E-state index contributed by atoms with van der Waals surface area (Å²) in [6.07, 6.45) is 6.95. The van der Waals surface area contributed by atoms with E-state index in [4.69, 9.17) is 0 Å². The molecule has 0 bridgehead atoms. The van der Waals surface area contributed by atoms with Crippen molar-refractivity contribution in [1.29, 1.82) is 0 Å². The maximum absolute atomic E-state index is 3.72. The number of para-hydroxylation sites is 1. The van der Waals surface area contributed by atoms with E-state index in [0.29, 0.717) is 0 Å². The van der Waals surface area contributed by atoms with E-state index in [1.54, 1.807) is 0 Å². The summed E-state index contributed by atoms with van der Waals surface area (Å²) in [6, 6.07) is 11.6. The van der Waals surface area contributed by atoms with Crippen molar-refractivity contribution in [3.8, 4) is 0 Å². The third-order valence-corrected chi connectivity index (χ3v) is 4.93. The van der Waals surface area contributed by atoms with Crippen LogP contribution in [0.4, 0.5) is 5.69 Å². The number of hydrogen-bond acceptors (Lipinski definition) is 3. The number of benzene rings is 1. The highest BCUT2D eigenvalue weighted by Crippen LogP contribution is 2.18. The predicted octanol–water partition coefficient (Wildman–Crippen LogP) is 2.73. The summed E-state index contributed by atoms with van der Waals surface area (Å²) in [5.41, 5.74) is 1.38. The van der Waals surface area contributed by atoms with E-state index in [0.717, 1.165) is 6.04 Å². The van der Waals surface area contributed by atoms with E-state index in [9.17, 15) is 0 Å². The Kier molecular flexibility index (Phi) is 5.53. The molecule has 1 heterocycles. The van der Waals surface area contributed by atoms with Gasteiger partial charge in [0.15, 0.2) is 0 Å². The van der Waals surface area contributed by atoms with Gasteiger partial charge in [0.05, 0.1) is 0 Å². The van der Waals surface area contributed by atoms with Crippen molar-refractivity contribution in [1.82, 2.24) is 10.2 Å². The fraction of sp³-hybridized carbons (Fsp3) is 0.667. The van der Waals surface area contributed by atoms with Crippen LogP contribution in [-0.2, 0) is 0 Å². The molecule has 1 aliphatic carbocycles. The van der Waals surface area contributed by atoms with Crippen LogP contribution in [0.2, 0.25) is 0 Å². The van der Waals surface area contributed by atoms with Crippen molar-refractivity contribution in [2.24, 2.45) is 0 Å². The van der Waals surface area contributed by atoms with Crippen LogP contribution in [0.15, 0.2) is 30.3 Å². The van der Waals surface area contributed by atoms with Crippen molar-refractivity contribution < 1.29 is 0 Å². The molecule has 0 atom stereocenters. The predicted molar refractivity (Wildman–Crippen MR) is 90.0 cm³/mol.